The highest BCUT2D eigenvalue weighted by Crippen LogP contribution is 2.23. The zero-order valence-electron chi connectivity index (χ0n) is 10.9. The van der Waals surface area contributed by atoms with Crippen LogP contribution in [0.5, 0.6) is 0 Å². The first-order valence-electron chi connectivity index (χ1n) is 5.90. The number of halogens is 2. The minimum atomic E-state index is -4.03. The molecule has 1 aliphatic carbocycles. The molecule has 0 spiro atoms. The Labute approximate surface area is 132 Å². The van der Waals surface area contributed by atoms with Gasteiger partial charge in [0.05, 0.1) is 0 Å². The van der Waals surface area contributed by atoms with E-state index >= 15 is 0 Å². The smallest absolute Gasteiger partial charge is 0.293 e. The van der Waals surface area contributed by atoms with E-state index in [1.165, 1.54) is 18.2 Å². The molecule has 0 aliphatic heterocycles. The molecule has 0 amide bonds. The Morgan fingerprint density at radius 3 is 2.38 bits per heavy atom. The minimum absolute atomic E-state index is 0.0320. The lowest BCUT2D eigenvalue weighted by Crippen LogP contribution is -2.36. The van der Waals surface area contributed by atoms with Crippen molar-refractivity contribution in [2.75, 3.05) is 0 Å². The van der Waals surface area contributed by atoms with Gasteiger partial charge in [-0.25, -0.2) is 0 Å². The maximum atomic E-state index is 11.9. The quantitative estimate of drug-likeness (QED) is 0.621. The summed E-state index contributed by atoms with van der Waals surface area (Å²) in [6.07, 6.45) is 1.36. The molecule has 1 aromatic rings. The summed E-state index contributed by atoms with van der Waals surface area (Å²) >= 11 is 11.8. The standard InChI is InChI=1S/C13H11Cl2NO4S/c1-8-7-10(11(14)12(15)13(8)17)16-20-21(18,19)9-5-3-2-4-6-9/h2-7,11-12H,1H3/b16-10+/t11-,12+/m1/s1. The number of hydrogen-bond donors (Lipinski definition) is 0. The molecule has 0 heterocycles. The summed E-state index contributed by atoms with van der Waals surface area (Å²) in [6.45, 7) is 1.54. The molecule has 5 nitrogen and oxygen atoms in total. The van der Waals surface area contributed by atoms with E-state index in [4.69, 9.17) is 23.2 Å². The normalized spacial score (nSPS) is 24.8. The molecule has 8 heteroatoms. The number of benzene rings is 1. The van der Waals surface area contributed by atoms with E-state index in [1.54, 1.807) is 25.1 Å². The number of ketones is 1. The molecule has 2 rings (SSSR count). The first kappa shape index (κ1) is 16.0. The molecule has 21 heavy (non-hydrogen) atoms. The Bertz CT molecular complexity index is 713. The minimum Gasteiger partial charge on any atom is -0.293 e. The Balaban J connectivity index is 2.27. The predicted octanol–water partition coefficient (Wildman–Crippen LogP) is 2.49. The number of nitrogens with zero attached hydrogens (tertiary/aromatic N) is 1. The summed E-state index contributed by atoms with van der Waals surface area (Å²) < 4.78 is 28.5. The van der Waals surface area contributed by atoms with E-state index in [-0.39, 0.29) is 16.4 Å². The summed E-state index contributed by atoms with van der Waals surface area (Å²) in [6, 6.07) is 7.56. The SMILES string of the molecule is CC1=C/C(=N\OS(=O)(=O)c2ccccc2)[C@@H](Cl)[C@H](Cl)C1=O. The molecule has 0 N–H and O–H groups in total. The van der Waals surface area contributed by atoms with Crippen molar-refractivity contribution in [1.29, 1.82) is 0 Å². The Kier molecular flexibility index (Phi) is 4.70. The average Bonchev–Trinajstić information content (AvgIpc) is 2.48. The molecule has 1 aliphatic rings. The fraction of sp³-hybridized carbons (Fsp3) is 0.231. The van der Waals surface area contributed by atoms with Crippen molar-refractivity contribution < 1.29 is 17.5 Å². The number of alkyl halides is 2. The molecule has 0 radical (unpaired) electrons. The van der Waals surface area contributed by atoms with E-state index in [2.05, 4.69) is 9.44 Å². The van der Waals surface area contributed by atoms with Gasteiger partial charge in [-0.15, -0.1) is 23.2 Å². The molecule has 0 saturated heterocycles. The molecule has 112 valence electrons. The highest BCUT2D eigenvalue weighted by molar-refractivity contribution is 7.86. The summed E-state index contributed by atoms with van der Waals surface area (Å²) in [5.41, 5.74) is 0.430. The molecule has 0 aromatic heterocycles. The van der Waals surface area contributed by atoms with Crippen LogP contribution in [0.4, 0.5) is 0 Å². The van der Waals surface area contributed by atoms with Gasteiger partial charge in [0, 0.05) is 0 Å². The van der Waals surface area contributed by atoms with Gasteiger partial charge in [-0.05, 0) is 30.7 Å². The highest BCUT2D eigenvalue weighted by atomic mass is 35.5. The third-order valence-electron chi connectivity index (χ3n) is 2.82. The second kappa shape index (κ2) is 6.17. The Morgan fingerprint density at radius 2 is 1.76 bits per heavy atom. The average molecular weight is 348 g/mol. The van der Waals surface area contributed by atoms with E-state index in [0.29, 0.717) is 5.57 Å². The maximum absolute atomic E-state index is 11.9. The van der Waals surface area contributed by atoms with Crippen molar-refractivity contribution in [3.8, 4) is 0 Å². The molecule has 2 atom stereocenters. The van der Waals surface area contributed by atoms with Gasteiger partial charge in [0.15, 0.2) is 5.78 Å². The molecule has 0 saturated carbocycles. The van der Waals surface area contributed by atoms with Gasteiger partial charge in [-0.2, -0.15) is 8.42 Å². The second-order valence-electron chi connectivity index (χ2n) is 4.35. The molecule has 0 bridgehead atoms. The molecular weight excluding hydrogens is 337 g/mol. The number of oxime groups is 1. The number of Topliss-reactive ketones (excluding diaryl/α,β-unsaturated/α-hetero) is 1. The van der Waals surface area contributed by atoms with Crippen molar-refractivity contribution in [2.45, 2.75) is 22.6 Å². The number of allylic oxidation sites excluding steroid dienone is 2. The third-order valence-corrected chi connectivity index (χ3v) is 4.99. The van der Waals surface area contributed by atoms with Gasteiger partial charge in [-0.1, -0.05) is 23.4 Å². The number of carbonyl (C=O) groups excluding carboxylic acids is 1. The second-order valence-corrected chi connectivity index (χ2v) is 6.82. The van der Waals surface area contributed by atoms with Gasteiger partial charge in [0.1, 0.15) is 21.4 Å². The Morgan fingerprint density at radius 1 is 1.14 bits per heavy atom. The largest absolute Gasteiger partial charge is 0.358 e. The van der Waals surface area contributed by atoms with Crippen molar-refractivity contribution in [3.63, 3.8) is 0 Å². The van der Waals surface area contributed by atoms with Crippen LogP contribution in [0.3, 0.4) is 0 Å². The van der Waals surface area contributed by atoms with Crippen LogP contribution in [0.25, 0.3) is 0 Å². The van der Waals surface area contributed by atoms with Crippen LogP contribution in [0.1, 0.15) is 6.92 Å². The van der Waals surface area contributed by atoms with Crippen molar-refractivity contribution >= 4 is 44.8 Å². The van der Waals surface area contributed by atoms with Crippen LogP contribution in [0, 0.1) is 0 Å². The van der Waals surface area contributed by atoms with Crippen molar-refractivity contribution in [2.24, 2.45) is 5.16 Å². The van der Waals surface area contributed by atoms with E-state index in [9.17, 15) is 13.2 Å². The summed E-state index contributed by atoms with van der Waals surface area (Å²) in [5, 5.41) is 1.58. The van der Waals surface area contributed by atoms with Crippen LogP contribution in [0.15, 0.2) is 52.0 Å². The third kappa shape index (κ3) is 3.45. The zero-order valence-corrected chi connectivity index (χ0v) is 13.2. The van der Waals surface area contributed by atoms with Crippen molar-refractivity contribution in [1.82, 2.24) is 0 Å². The van der Waals surface area contributed by atoms with E-state index in [1.807, 2.05) is 0 Å². The first-order valence-corrected chi connectivity index (χ1v) is 8.18. The van der Waals surface area contributed by atoms with Gasteiger partial charge >= 0.3 is 10.1 Å². The fourth-order valence-corrected chi connectivity index (χ4v) is 2.95. The fourth-order valence-electron chi connectivity index (χ4n) is 1.67. The van der Waals surface area contributed by atoms with Crippen LogP contribution in [0.2, 0.25) is 0 Å². The lowest BCUT2D eigenvalue weighted by Gasteiger charge is -2.20. The summed E-state index contributed by atoms with van der Waals surface area (Å²) in [7, 11) is -4.03. The van der Waals surface area contributed by atoms with Crippen LogP contribution in [-0.2, 0) is 19.2 Å². The maximum Gasteiger partial charge on any atom is 0.358 e. The molecule has 1 aromatic carbocycles. The molecule has 0 unspecified atom stereocenters. The van der Waals surface area contributed by atoms with Crippen LogP contribution in [-0.4, -0.2) is 30.7 Å². The van der Waals surface area contributed by atoms with Gasteiger partial charge in [0.2, 0.25) is 0 Å². The summed E-state index contributed by atoms with van der Waals surface area (Å²) in [5.74, 6) is -0.318. The summed E-state index contributed by atoms with van der Waals surface area (Å²) in [4.78, 5) is 11.6. The molecule has 0 fully saturated rings. The van der Waals surface area contributed by atoms with Gasteiger partial charge < -0.3 is 0 Å². The van der Waals surface area contributed by atoms with Crippen LogP contribution >= 0.6 is 23.2 Å². The Hall–Kier alpha value is -1.37. The lowest BCUT2D eigenvalue weighted by molar-refractivity contribution is -0.115. The first-order chi connectivity index (χ1) is 9.83. The van der Waals surface area contributed by atoms with E-state index < -0.39 is 20.9 Å². The predicted molar refractivity (Wildman–Crippen MR) is 80.2 cm³/mol. The van der Waals surface area contributed by atoms with Crippen molar-refractivity contribution in [3.05, 3.63) is 42.0 Å². The number of hydrogen-bond acceptors (Lipinski definition) is 5. The van der Waals surface area contributed by atoms with E-state index in [0.717, 1.165) is 0 Å². The zero-order chi connectivity index (χ0) is 15.6. The lowest BCUT2D eigenvalue weighted by atomic mass is 9.97. The number of carbonyl (C=O) groups is 1. The van der Waals surface area contributed by atoms with Gasteiger partial charge in [0.25, 0.3) is 0 Å². The highest BCUT2D eigenvalue weighted by Gasteiger charge is 2.34. The number of rotatable bonds is 3. The van der Waals surface area contributed by atoms with Crippen LogP contribution < -0.4 is 0 Å². The van der Waals surface area contributed by atoms with Gasteiger partial charge in [-0.3, -0.25) is 9.08 Å². The topological polar surface area (TPSA) is 72.8 Å². The monoisotopic (exact) mass is 347 g/mol. The molecular formula is C13H11Cl2NO4S.